The lowest BCUT2D eigenvalue weighted by atomic mass is 10.1. The van der Waals surface area contributed by atoms with E-state index in [4.69, 9.17) is 4.18 Å². The molecule has 2 rings (SSSR count). The molecule has 0 aliphatic heterocycles. The topological polar surface area (TPSA) is 43.4 Å². The van der Waals surface area contributed by atoms with Crippen molar-refractivity contribution >= 4 is 32.7 Å². The van der Waals surface area contributed by atoms with E-state index in [0.717, 1.165) is 12.0 Å². The van der Waals surface area contributed by atoms with Gasteiger partial charge in [-0.3, -0.25) is 4.18 Å². The highest BCUT2D eigenvalue weighted by Crippen LogP contribution is 2.14. The largest absolute Gasteiger partial charge is 0.296 e. The second-order valence-electron chi connectivity index (χ2n) is 4.82. The van der Waals surface area contributed by atoms with Crippen molar-refractivity contribution in [3.63, 3.8) is 0 Å². The van der Waals surface area contributed by atoms with Crippen LogP contribution < -0.4 is 0 Å². The van der Waals surface area contributed by atoms with Crippen molar-refractivity contribution in [2.24, 2.45) is 0 Å². The molecular weight excluding hydrogens is 399 g/mol. The average Bonchev–Trinajstić information content (AvgIpc) is 2.46. The molecule has 0 spiro atoms. The zero-order chi connectivity index (χ0) is 15.3. The van der Waals surface area contributed by atoms with Crippen molar-refractivity contribution in [1.29, 1.82) is 0 Å². The first kappa shape index (κ1) is 16.5. The Morgan fingerprint density at radius 3 is 2.24 bits per heavy atom. The zero-order valence-electron chi connectivity index (χ0n) is 11.8. The van der Waals surface area contributed by atoms with Crippen molar-refractivity contribution in [3.05, 3.63) is 63.2 Å². The molecule has 0 heterocycles. The minimum absolute atomic E-state index is 0.197. The van der Waals surface area contributed by atoms with Gasteiger partial charge in [0.05, 0.1) is 11.5 Å². The summed E-state index contributed by atoms with van der Waals surface area (Å²) < 4.78 is 30.2. The van der Waals surface area contributed by atoms with E-state index < -0.39 is 10.1 Å². The number of hydrogen-bond donors (Lipinski definition) is 0. The van der Waals surface area contributed by atoms with Crippen LogP contribution in [-0.4, -0.2) is 15.0 Å². The number of hydrogen-bond acceptors (Lipinski definition) is 3. The van der Waals surface area contributed by atoms with E-state index in [1.54, 1.807) is 24.3 Å². The normalized spacial score (nSPS) is 11.5. The molecule has 2 aromatic carbocycles. The summed E-state index contributed by atoms with van der Waals surface area (Å²) in [6, 6.07) is 14.9. The first-order valence-electron chi connectivity index (χ1n) is 6.68. The molecule has 0 fully saturated rings. The van der Waals surface area contributed by atoms with Crippen molar-refractivity contribution in [1.82, 2.24) is 0 Å². The number of benzene rings is 2. The smallest absolute Gasteiger partial charge is 0.266 e. The molecule has 0 unspecified atom stereocenters. The maximum Gasteiger partial charge on any atom is 0.296 e. The molecule has 0 aromatic heterocycles. The van der Waals surface area contributed by atoms with E-state index in [0.29, 0.717) is 6.42 Å². The average molecular weight is 416 g/mol. The lowest BCUT2D eigenvalue weighted by molar-refractivity contribution is 0.312. The van der Waals surface area contributed by atoms with Gasteiger partial charge in [0.25, 0.3) is 10.1 Å². The van der Waals surface area contributed by atoms with Crippen LogP contribution >= 0.6 is 22.6 Å². The first-order valence-corrected chi connectivity index (χ1v) is 9.17. The zero-order valence-corrected chi connectivity index (χ0v) is 14.7. The van der Waals surface area contributed by atoms with Gasteiger partial charge in [-0.1, -0.05) is 29.8 Å². The molecule has 0 radical (unpaired) electrons. The minimum Gasteiger partial charge on any atom is -0.266 e. The number of halogens is 1. The molecular formula is C16H17IO3S. The molecule has 0 N–H and O–H groups in total. The molecule has 0 amide bonds. The molecule has 0 aliphatic rings. The van der Waals surface area contributed by atoms with E-state index >= 15 is 0 Å². The van der Waals surface area contributed by atoms with E-state index in [2.05, 4.69) is 34.7 Å². The van der Waals surface area contributed by atoms with Gasteiger partial charge in [-0.15, -0.1) is 0 Å². The van der Waals surface area contributed by atoms with E-state index in [1.165, 1.54) is 9.13 Å². The highest BCUT2D eigenvalue weighted by molar-refractivity contribution is 14.1. The van der Waals surface area contributed by atoms with Crippen molar-refractivity contribution in [2.45, 2.75) is 24.7 Å². The van der Waals surface area contributed by atoms with E-state index in [1.807, 2.05) is 19.1 Å². The fourth-order valence-electron chi connectivity index (χ4n) is 1.87. The second kappa shape index (κ2) is 7.38. The molecule has 3 nitrogen and oxygen atoms in total. The third-order valence-electron chi connectivity index (χ3n) is 3.07. The van der Waals surface area contributed by atoms with Crippen LogP contribution in [0.25, 0.3) is 0 Å². The Labute approximate surface area is 139 Å². The molecule has 0 bridgehead atoms. The summed E-state index contributed by atoms with van der Waals surface area (Å²) in [5, 5.41) is 0. The summed E-state index contributed by atoms with van der Waals surface area (Å²) in [6.07, 6.45) is 1.48. The summed E-state index contributed by atoms with van der Waals surface area (Å²) in [4.78, 5) is 0.211. The Morgan fingerprint density at radius 1 is 1.00 bits per heavy atom. The number of aryl methyl sites for hydroxylation is 2. The van der Waals surface area contributed by atoms with Gasteiger partial charge >= 0.3 is 0 Å². The molecule has 2 aromatic rings. The van der Waals surface area contributed by atoms with Gasteiger partial charge in [-0.2, -0.15) is 8.42 Å². The van der Waals surface area contributed by atoms with E-state index in [9.17, 15) is 8.42 Å². The van der Waals surface area contributed by atoms with Crippen LogP contribution in [0.4, 0.5) is 0 Å². The predicted octanol–water partition coefficient (Wildman–Crippen LogP) is 3.94. The Morgan fingerprint density at radius 2 is 1.62 bits per heavy atom. The monoisotopic (exact) mass is 416 g/mol. The Bertz CT molecular complexity index is 676. The van der Waals surface area contributed by atoms with Crippen LogP contribution in [0.2, 0.25) is 0 Å². The summed E-state index contributed by atoms with van der Waals surface area (Å²) in [5.74, 6) is 0. The third-order valence-corrected chi connectivity index (χ3v) is 5.12. The Kier molecular flexibility index (Phi) is 5.78. The standard InChI is InChI=1S/C16H17IO3S/c1-13-4-10-16(11-5-13)21(18,19)20-12-2-3-14-6-8-15(17)9-7-14/h4-11H,2-3,12H2,1H3. The van der Waals surface area contributed by atoms with Gasteiger partial charge < -0.3 is 0 Å². The highest BCUT2D eigenvalue weighted by Gasteiger charge is 2.14. The lowest BCUT2D eigenvalue weighted by Crippen LogP contribution is -2.08. The van der Waals surface area contributed by atoms with Crippen LogP contribution in [0.3, 0.4) is 0 Å². The van der Waals surface area contributed by atoms with Gasteiger partial charge in [-0.25, -0.2) is 0 Å². The predicted molar refractivity (Wildman–Crippen MR) is 91.8 cm³/mol. The Balaban J connectivity index is 1.85. The third kappa shape index (κ3) is 5.09. The molecule has 0 aliphatic carbocycles. The molecule has 0 saturated carbocycles. The lowest BCUT2D eigenvalue weighted by Gasteiger charge is -2.06. The second-order valence-corrected chi connectivity index (χ2v) is 7.68. The van der Waals surface area contributed by atoms with E-state index in [-0.39, 0.29) is 11.5 Å². The summed E-state index contributed by atoms with van der Waals surface area (Å²) in [6.45, 7) is 2.11. The van der Waals surface area contributed by atoms with Gasteiger partial charge in [0.15, 0.2) is 0 Å². The molecule has 112 valence electrons. The highest BCUT2D eigenvalue weighted by atomic mass is 127. The fourth-order valence-corrected chi connectivity index (χ4v) is 3.17. The van der Waals surface area contributed by atoms with Crippen molar-refractivity contribution < 1.29 is 12.6 Å². The van der Waals surface area contributed by atoms with Crippen LogP contribution in [0.5, 0.6) is 0 Å². The summed E-state index contributed by atoms with van der Waals surface area (Å²) in [7, 11) is -3.64. The van der Waals surface area contributed by atoms with Crippen molar-refractivity contribution in [3.8, 4) is 0 Å². The maximum atomic E-state index is 12.0. The first-order chi connectivity index (χ1) is 9.97. The van der Waals surface area contributed by atoms with Crippen LogP contribution in [0.1, 0.15) is 17.5 Å². The summed E-state index contributed by atoms with van der Waals surface area (Å²) in [5.41, 5.74) is 2.21. The summed E-state index contributed by atoms with van der Waals surface area (Å²) >= 11 is 2.26. The van der Waals surface area contributed by atoms with Gasteiger partial charge in [0.1, 0.15) is 0 Å². The molecule has 21 heavy (non-hydrogen) atoms. The SMILES string of the molecule is Cc1ccc(S(=O)(=O)OCCCc2ccc(I)cc2)cc1. The molecule has 0 saturated heterocycles. The van der Waals surface area contributed by atoms with Crippen LogP contribution in [-0.2, 0) is 20.7 Å². The molecule has 5 heteroatoms. The van der Waals surface area contributed by atoms with Gasteiger partial charge in [-0.05, 0) is 72.2 Å². The Hall–Kier alpha value is -0.920. The van der Waals surface area contributed by atoms with Crippen LogP contribution in [0.15, 0.2) is 53.4 Å². The number of rotatable bonds is 6. The van der Waals surface area contributed by atoms with Gasteiger partial charge in [0, 0.05) is 3.57 Å². The van der Waals surface area contributed by atoms with Gasteiger partial charge in [0.2, 0.25) is 0 Å². The minimum atomic E-state index is -3.64. The van der Waals surface area contributed by atoms with Crippen molar-refractivity contribution in [2.75, 3.05) is 6.61 Å². The van der Waals surface area contributed by atoms with Crippen LogP contribution in [0, 0.1) is 10.5 Å². The fraction of sp³-hybridized carbons (Fsp3) is 0.250. The maximum absolute atomic E-state index is 12.0. The molecule has 0 atom stereocenters. The quantitative estimate of drug-likeness (QED) is 0.407.